The number of fused-ring (bicyclic) bond motifs is 2. The van der Waals surface area contributed by atoms with E-state index in [1.54, 1.807) is 17.0 Å². The Balaban J connectivity index is 1.35. The van der Waals surface area contributed by atoms with E-state index in [0.717, 1.165) is 44.4 Å². The molecule has 1 aromatic heterocycles. The standard InChI is InChI=1S/C30H32N4O3/c1-18-11-24(35)12-19(2)25(18)15-26(31)30(37)34-17-22-9-4-3-7-20(22)14-28(34)29(36)32-16-23-13-21-8-5-6-10-27(21)33-23/h3-13,26,28,33,35H,14-17,31H2,1-2H3,(H,32,36)/t26-,28+/m0/s1. The molecule has 2 atom stereocenters. The minimum Gasteiger partial charge on any atom is -0.508 e. The molecule has 37 heavy (non-hydrogen) atoms. The summed E-state index contributed by atoms with van der Waals surface area (Å²) in [6.07, 6.45) is 0.767. The van der Waals surface area contributed by atoms with Crippen LogP contribution in [0.5, 0.6) is 5.75 Å². The van der Waals surface area contributed by atoms with E-state index in [9.17, 15) is 14.7 Å². The van der Waals surface area contributed by atoms with Gasteiger partial charge in [0.1, 0.15) is 11.8 Å². The first-order valence-corrected chi connectivity index (χ1v) is 12.6. The number of phenolic OH excluding ortho intramolecular Hbond substituents is 1. The Morgan fingerprint density at radius 1 is 1.05 bits per heavy atom. The zero-order chi connectivity index (χ0) is 26.1. The van der Waals surface area contributed by atoms with Crippen molar-refractivity contribution in [3.8, 4) is 5.75 Å². The molecule has 5 rings (SSSR count). The van der Waals surface area contributed by atoms with Gasteiger partial charge in [0.2, 0.25) is 11.8 Å². The van der Waals surface area contributed by atoms with Gasteiger partial charge in [-0.05, 0) is 77.7 Å². The van der Waals surface area contributed by atoms with E-state index in [1.165, 1.54) is 0 Å². The smallest absolute Gasteiger partial charge is 0.243 e. The van der Waals surface area contributed by atoms with Gasteiger partial charge in [0.15, 0.2) is 0 Å². The van der Waals surface area contributed by atoms with Crippen LogP contribution in [-0.2, 0) is 35.5 Å². The highest BCUT2D eigenvalue weighted by atomic mass is 16.3. The van der Waals surface area contributed by atoms with Crippen LogP contribution in [0.3, 0.4) is 0 Å². The lowest BCUT2D eigenvalue weighted by molar-refractivity contribution is -0.142. The summed E-state index contributed by atoms with van der Waals surface area (Å²) < 4.78 is 0. The number of aromatic hydroxyl groups is 1. The molecule has 1 aliphatic heterocycles. The summed E-state index contributed by atoms with van der Waals surface area (Å²) in [5, 5.41) is 14.0. The maximum atomic E-state index is 13.7. The summed E-state index contributed by atoms with van der Waals surface area (Å²) in [5.41, 5.74) is 13.2. The first-order valence-electron chi connectivity index (χ1n) is 12.6. The maximum absolute atomic E-state index is 13.7. The number of rotatable bonds is 6. The number of nitrogens with one attached hydrogen (secondary N) is 2. The van der Waals surface area contributed by atoms with Crippen molar-refractivity contribution in [2.75, 3.05) is 0 Å². The summed E-state index contributed by atoms with van der Waals surface area (Å²) in [4.78, 5) is 32.1. The van der Waals surface area contributed by atoms with Crippen LogP contribution in [-0.4, -0.2) is 38.9 Å². The van der Waals surface area contributed by atoms with Crippen molar-refractivity contribution in [3.63, 3.8) is 0 Å². The first kappa shape index (κ1) is 24.6. The Bertz CT molecular complexity index is 1420. The van der Waals surface area contributed by atoms with Crippen LogP contribution in [0.2, 0.25) is 0 Å². The van der Waals surface area contributed by atoms with E-state index in [0.29, 0.717) is 25.9 Å². The molecule has 7 heteroatoms. The number of nitrogens with zero attached hydrogens (tertiary/aromatic N) is 1. The number of hydrogen-bond acceptors (Lipinski definition) is 4. The number of phenols is 1. The topological polar surface area (TPSA) is 111 Å². The average molecular weight is 497 g/mol. The van der Waals surface area contributed by atoms with Gasteiger partial charge in [0, 0.05) is 24.2 Å². The number of hydrogen-bond donors (Lipinski definition) is 4. The summed E-state index contributed by atoms with van der Waals surface area (Å²) in [7, 11) is 0. The molecule has 0 saturated carbocycles. The number of H-pyrrole nitrogens is 1. The Hall–Kier alpha value is -4.10. The lowest BCUT2D eigenvalue weighted by Gasteiger charge is -2.37. The molecule has 7 nitrogen and oxygen atoms in total. The second kappa shape index (κ2) is 10.1. The predicted octanol–water partition coefficient (Wildman–Crippen LogP) is 3.63. The lowest BCUT2D eigenvalue weighted by Crippen LogP contribution is -2.56. The van der Waals surface area contributed by atoms with Gasteiger partial charge in [0.05, 0.1) is 12.6 Å². The second-order valence-corrected chi connectivity index (χ2v) is 9.92. The number of para-hydroxylation sites is 1. The zero-order valence-electron chi connectivity index (χ0n) is 21.1. The van der Waals surface area contributed by atoms with Crippen LogP contribution >= 0.6 is 0 Å². The first-order chi connectivity index (χ1) is 17.8. The van der Waals surface area contributed by atoms with Crippen molar-refractivity contribution < 1.29 is 14.7 Å². The molecular weight excluding hydrogens is 464 g/mol. The molecule has 0 bridgehead atoms. The predicted molar refractivity (Wildman–Crippen MR) is 144 cm³/mol. The Kier molecular flexibility index (Phi) is 6.72. The molecule has 0 unspecified atom stereocenters. The van der Waals surface area contributed by atoms with E-state index in [-0.39, 0.29) is 17.6 Å². The molecule has 0 spiro atoms. The Morgan fingerprint density at radius 3 is 2.46 bits per heavy atom. The van der Waals surface area contributed by atoms with Crippen molar-refractivity contribution in [2.45, 2.75) is 51.9 Å². The SMILES string of the molecule is Cc1cc(O)cc(C)c1C[C@H](N)C(=O)N1Cc2ccccc2C[C@@H]1C(=O)NCc1cc2ccccc2[nH]1. The number of carbonyl (C=O) groups excluding carboxylic acids is 2. The molecule has 5 N–H and O–H groups in total. The van der Waals surface area contributed by atoms with Crippen molar-refractivity contribution in [3.05, 3.63) is 100 Å². The fraction of sp³-hybridized carbons (Fsp3) is 0.267. The van der Waals surface area contributed by atoms with Gasteiger partial charge in [-0.25, -0.2) is 0 Å². The van der Waals surface area contributed by atoms with Gasteiger partial charge in [0.25, 0.3) is 0 Å². The highest BCUT2D eigenvalue weighted by Gasteiger charge is 2.36. The minimum atomic E-state index is -0.809. The third-order valence-corrected chi connectivity index (χ3v) is 7.30. The summed E-state index contributed by atoms with van der Waals surface area (Å²) in [6, 6.07) is 19.8. The Morgan fingerprint density at radius 2 is 1.73 bits per heavy atom. The van der Waals surface area contributed by atoms with Gasteiger partial charge in [-0.15, -0.1) is 0 Å². The van der Waals surface area contributed by atoms with Crippen molar-refractivity contribution in [1.82, 2.24) is 15.2 Å². The molecule has 0 radical (unpaired) electrons. The van der Waals surface area contributed by atoms with Gasteiger partial charge in [-0.3, -0.25) is 9.59 Å². The number of nitrogens with two attached hydrogens (primary N) is 1. The van der Waals surface area contributed by atoms with Gasteiger partial charge in [-0.2, -0.15) is 0 Å². The monoisotopic (exact) mass is 496 g/mol. The van der Waals surface area contributed by atoms with Crippen molar-refractivity contribution in [2.24, 2.45) is 5.73 Å². The van der Waals surface area contributed by atoms with E-state index >= 15 is 0 Å². The van der Waals surface area contributed by atoms with Crippen LogP contribution in [0.4, 0.5) is 0 Å². The molecule has 2 amide bonds. The number of benzene rings is 3. The summed E-state index contributed by atoms with van der Waals surface area (Å²) >= 11 is 0. The summed E-state index contributed by atoms with van der Waals surface area (Å²) in [5.74, 6) is -0.268. The van der Waals surface area contributed by atoms with E-state index < -0.39 is 12.1 Å². The van der Waals surface area contributed by atoms with E-state index in [1.807, 2.05) is 68.4 Å². The van der Waals surface area contributed by atoms with Crippen LogP contribution in [0.25, 0.3) is 10.9 Å². The normalized spacial score (nSPS) is 15.9. The number of carbonyl (C=O) groups is 2. The van der Waals surface area contributed by atoms with E-state index in [4.69, 9.17) is 5.73 Å². The third-order valence-electron chi connectivity index (χ3n) is 7.30. The fourth-order valence-electron chi connectivity index (χ4n) is 5.33. The summed E-state index contributed by atoms with van der Waals surface area (Å²) in [6.45, 7) is 4.47. The van der Waals surface area contributed by atoms with Crippen molar-refractivity contribution in [1.29, 1.82) is 0 Å². The molecule has 1 aliphatic rings. The molecule has 190 valence electrons. The molecule has 0 fully saturated rings. The molecule has 4 aromatic rings. The third kappa shape index (κ3) is 5.08. The highest BCUT2D eigenvalue weighted by molar-refractivity contribution is 5.91. The van der Waals surface area contributed by atoms with Crippen LogP contribution < -0.4 is 11.1 Å². The number of aryl methyl sites for hydroxylation is 2. The number of aromatic amines is 1. The largest absolute Gasteiger partial charge is 0.508 e. The fourth-order valence-corrected chi connectivity index (χ4v) is 5.33. The van der Waals surface area contributed by atoms with Crippen LogP contribution in [0.1, 0.15) is 33.5 Å². The van der Waals surface area contributed by atoms with Crippen molar-refractivity contribution >= 4 is 22.7 Å². The molecular formula is C30H32N4O3. The lowest BCUT2D eigenvalue weighted by atomic mass is 9.91. The maximum Gasteiger partial charge on any atom is 0.243 e. The zero-order valence-corrected chi connectivity index (χ0v) is 21.1. The molecule has 3 aromatic carbocycles. The molecule has 0 aliphatic carbocycles. The quantitative estimate of drug-likeness (QED) is 0.327. The highest BCUT2D eigenvalue weighted by Crippen LogP contribution is 2.26. The second-order valence-electron chi connectivity index (χ2n) is 9.92. The number of aromatic nitrogens is 1. The Labute approximate surface area is 216 Å². The van der Waals surface area contributed by atoms with Gasteiger partial charge >= 0.3 is 0 Å². The van der Waals surface area contributed by atoms with Crippen LogP contribution in [0.15, 0.2) is 66.7 Å². The molecule has 2 heterocycles. The average Bonchev–Trinajstić information content (AvgIpc) is 3.31. The van der Waals surface area contributed by atoms with E-state index in [2.05, 4.69) is 10.3 Å². The number of amides is 2. The van der Waals surface area contributed by atoms with Gasteiger partial charge < -0.3 is 26.0 Å². The minimum absolute atomic E-state index is 0.193. The van der Waals surface area contributed by atoms with Gasteiger partial charge in [-0.1, -0.05) is 42.5 Å². The molecule has 0 saturated heterocycles. The van der Waals surface area contributed by atoms with Crippen LogP contribution in [0, 0.1) is 13.8 Å².